The van der Waals surface area contributed by atoms with Crippen LogP contribution in [0, 0.1) is 6.92 Å². The second kappa shape index (κ2) is 1.80. The Morgan fingerprint density at radius 2 is 2.43 bits per heavy atom. The summed E-state index contributed by atoms with van der Waals surface area (Å²) >= 11 is 0. The molecule has 2 N–H and O–H groups in total. The van der Waals surface area contributed by atoms with Crippen LogP contribution in [0.4, 0.5) is 0 Å². The molecule has 41 valence electrons. The fraction of sp³-hybridized carbons (Fsp3) is 0.800. The second-order valence-electron chi connectivity index (χ2n) is 1.92. The van der Waals surface area contributed by atoms with E-state index in [9.17, 15) is 0 Å². The van der Waals surface area contributed by atoms with Crippen molar-refractivity contribution in [1.82, 2.24) is 5.32 Å². The highest BCUT2D eigenvalue weighted by molar-refractivity contribution is 4.84. The van der Waals surface area contributed by atoms with Crippen LogP contribution in [0.2, 0.25) is 0 Å². The van der Waals surface area contributed by atoms with Crippen LogP contribution >= 0.6 is 0 Å². The maximum Gasteiger partial charge on any atom is 0.0694 e. The Morgan fingerprint density at radius 3 is 2.43 bits per heavy atom. The van der Waals surface area contributed by atoms with E-state index in [1.54, 1.807) is 0 Å². The van der Waals surface area contributed by atoms with Crippen LogP contribution in [0.5, 0.6) is 0 Å². The van der Waals surface area contributed by atoms with E-state index in [1.165, 1.54) is 0 Å². The summed E-state index contributed by atoms with van der Waals surface area (Å²) in [5.41, 5.74) is 0. The molecule has 0 aromatic rings. The molecule has 1 rings (SSSR count). The number of nitrogens with one attached hydrogen (secondary N) is 1. The maximum absolute atomic E-state index is 8.70. The summed E-state index contributed by atoms with van der Waals surface area (Å²) in [5, 5.41) is 11.7. The minimum absolute atomic E-state index is 0.278. The first-order valence-corrected chi connectivity index (χ1v) is 2.55. The van der Waals surface area contributed by atoms with Gasteiger partial charge in [0.05, 0.1) is 6.10 Å². The average molecular weight is 100 g/mol. The predicted molar refractivity (Wildman–Crippen MR) is 27.8 cm³/mol. The van der Waals surface area contributed by atoms with Gasteiger partial charge in [-0.25, -0.2) is 0 Å². The molecule has 0 aromatic heterocycles. The van der Waals surface area contributed by atoms with Crippen LogP contribution in [0.1, 0.15) is 6.42 Å². The van der Waals surface area contributed by atoms with Gasteiger partial charge in [-0.2, -0.15) is 0 Å². The van der Waals surface area contributed by atoms with Crippen LogP contribution in [0.15, 0.2) is 0 Å². The normalized spacial score (nSPS) is 34.3. The Bertz CT molecular complexity index is 59.1. The van der Waals surface area contributed by atoms with Gasteiger partial charge >= 0.3 is 0 Å². The molecule has 2 heteroatoms. The van der Waals surface area contributed by atoms with Crippen molar-refractivity contribution in [2.45, 2.75) is 18.6 Å². The van der Waals surface area contributed by atoms with E-state index < -0.39 is 6.10 Å². The number of hydrogen-bond acceptors (Lipinski definition) is 2. The van der Waals surface area contributed by atoms with Crippen LogP contribution in [0.25, 0.3) is 0 Å². The quantitative estimate of drug-likeness (QED) is 0.467. The zero-order valence-electron chi connectivity index (χ0n) is 4.22. The SMILES string of the molecule is [CH2]C(O)C1CCN1. The Hall–Kier alpha value is -0.0800. The molecule has 0 spiro atoms. The minimum atomic E-state index is -0.409. The van der Waals surface area contributed by atoms with Crippen molar-refractivity contribution in [2.24, 2.45) is 0 Å². The van der Waals surface area contributed by atoms with Gasteiger partial charge in [0.1, 0.15) is 0 Å². The molecule has 1 fully saturated rings. The lowest BCUT2D eigenvalue weighted by Crippen LogP contribution is -2.49. The van der Waals surface area contributed by atoms with Gasteiger partial charge in [-0.15, -0.1) is 0 Å². The van der Waals surface area contributed by atoms with E-state index in [0.29, 0.717) is 0 Å². The predicted octanol–water partition coefficient (Wildman–Crippen LogP) is -0.457. The molecule has 0 amide bonds. The Kier molecular flexibility index (Phi) is 1.30. The standard InChI is InChI=1S/C5H10NO/c1-4(7)5-2-3-6-5/h4-7H,1-3H2. The molecule has 1 radical (unpaired) electrons. The van der Waals surface area contributed by atoms with Crippen LogP contribution < -0.4 is 5.32 Å². The number of aliphatic hydroxyl groups is 1. The van der Waals surface area contributed by atoms with Crippen molar-refractivity contribution in [1.29, 1.82) is 0 Å². The number of aliphatic hydroxyl groups excluding tert-OH is 1. The topological polar surface area (TPSA) is 32.3 Å². The smallest absolute Gasteiger partial charge is 0.0694 e. The molecule has 2 nitrogen and oxygen atoms in total. The second-order valence-corrected chi connectivity index (χ2v) is 1.92. The van der Waals surface area contributed by atoms with Gasteiger partial charge in [-0.05, 0) is 19.9 Å². The average Bonchev–Trinajstić information content (AvgIpc) is 1.23. The fourth-order valence-electron chi connectivity index (χ4n) is 0.639. The van der Waals surface area contributed by atoms with Gasteiger partial charge in [-0.1, -0.05) is 0 Å². The van der Waals surface area contributed by atoms with Gasteiger partial charge in [0.15, 0.2) is 0 Å². The zero-order chi connectivity index (χ0) is 5.28. The molecule has 1 heterocycles. The van der Waals surface area contributed by atoms with Crippen molar-refractivity contribution in [3.63, 3.8) is 0 Å². The molecule has 0 aliphatic carbocycles. The van der Waals surface area contributed by atoms with Crippen LogP contribution in [-0.4, -0.2) is 23.8 Å². The molecule has 0 aromatic carbocycles. The molecule has 2 atom stereocenters. The zero-order valence-corrected chi connectivity index (χ0v) is 4.22. The van der Waals surface area contributed by atoms with Gasteiger partial charge in [-0.3, -0.25) is 0 Å². The van der Waals surface area contributed by atoms with Gasteiger partial charge < -0.3 is 10.4 Å². The monoisotopic (exact) mass is 100 g/mol. The van der Waals surface area contributed by atoms with E-state index in [0.717, 1.165) is 13.0 Å². The molecular weight excluding hydrogens is 90.1 g/mol. The van der Waals surface area contributed by atoms with E-state index in [2.05, 4.69) is 12.2 Å². The third-order valence-corrected chi connectivity index (χ3v) is 1.33. The van der Waals surface area contributed by atoms with E-state index in [1.807, 2.05) is 0 Å². The summed E-state index contributed by atoms with van der Waals surface area (Å²) in [6.45, 7) is 4.49. The van der Waals surface area contributed by atoms with Gasteiger partial charge in [0.2, 0.25) is 0 Å². The molecular formula is C5H10NO. The van der Waals surface area contributed by atoms with Gasteiger partial charge in [0, 0.05) is 6.04 Å². The highest BCUT2D eigenvalue weighted by Gasteiger charge is 2.20. The first-order valence-electron chi connectivity index (χ1n) is 2.55. The molecule has 1 aliphatic rings. The lowest BCUT2D eigenvalue weighted by Gasteiger charge is -2.29. The van der Waals surface area contributed by atoms with E-state index in [-0.39, 0.29) is 6.04 Å². The summed E-state index contributed by atoms with van der Waals surface area (Å²) < 4.78 is 0. The lowest BCUT2D eigenvalue weighted by atomic mass is 10.0. The van der Waals surface area contributed by atoms with Crippen molar-refractivity contribution in [2.75, 3.05) is 6.54 Å². The summed E-state index contributed by atoms with van der Waals surface area (Å²) in [7, 11) is 0. The third kappa shape index (κ3) is 0.924. The molecule has 1 aliphatic heterocycles. The fourth-order valence-corrected chi connectivity index (χ4v) is 0.639. The summed E-state index contributed by atoms with van der Waals surface area (Å²) in [4.78, 5) is 0. The Balaban J connectivity index is 2.14. The molecule has 0 bridgehead atoms. The van der Waals surface area contributed by atoms with Crippen molar-refractivity contribution in [3.05, 3.63) is 6.92 Å². The summed E-state index contributed by atoms with van der Waals surface area (Å²) in [6.07, 6.45) is 0.666. The van der Waals surface area contributed by atoms with Crippen molar-refractivity contribution >= 4 is 0 Å². The summed E-state index contributed by atoms with van der Waals surface area (Å²) in [5.74, 6) is 0. The summed E-state index contributed by atoms with van der Waals surface area (Å²) in [6, 6.07) is 0.278. The molecule has 7 heavy (non-hydrogen) atoms. The third-order valence-electron chi connectivity index (χ3n) is 1.33. The number of rotatable bonds is 1. The van der Waals surface area contributed by atoms with Crippen molar-refractivity contribution < 1.29 is 5.11 Å². The first kappa shape index (κ1) is 5.06. The van der Waals surface area contributed by atoms with Crippen LogP contribution in [-0.2, 0) is 0 Å². The first-order chi connectivity index (χ1) is 3.30. The lowest BCUT2D eigenvalue weighted by molar-refractivity contribution is 0.133. The molecule has 1 saturated heterocycles. The maximum atomic E-state index is 8.70. The molecule has 2 unspecified atom stereocenters. The minimum Gasteiger partial charge on any atom is -0.392 e. The van der Waals surface area contributed by atoms with E-state index >= 15 is 0 Å². The van der Waals surface area contributed by atoms with Crippen LogP contribution in [0.3, 0.4) is 0 Å². The highest BCUT2D eigenvalue weighted by Crippen LogP contribution is 2.04. The van der Waals surface area contributed by atoms with Gasteiger partial charge in [0.25, 0.3) is 0 Å². The number of hydrogen-bond donors (Lipinski definition) is 2. The Labute approximate surface area is 43.5 Å². The molecule has 0 saturated carbocycles. The van der Waals surface area contributed by atoms with E-state index in [4.69, 9.17) is 5.11 Å². The highest BCUT2D eigenvalue weighted by atomic mass is 16.3. The van der Waals surface area contributed by atoms with Crippen molar-refractivity contribution in [3.8, 4) is 0 Å². The largest absolute Gasteiger partial charge is 0.392 e. The Morgan fingerprint density at radius 1 is 1.86 bits per heavy atom.